The second kappa shape index (κ2) is 10.6. The molecule has 0 atom stereocenters. The van der Waals surface area contributed by atoms with Crippen LogP contribution in [0.5, 0.6) is 0 Å². The molecule has 13 heteroatoms. The van der Waals surface area contributed by atoms with E-state index in [0.29, 0.717) is 56.6 Å². The lowest BCUT2D eigenvalue weighted by Crippen LogP contribution is -2.51. The number of nitrogens with one attached hydrogen (secondary N) is 1. The Morgan fingerprint density at radius 1 is 1.10 bits per heavy atom. The lowest BCUT2D eigenvalue weighted by atomic mass is 9.53. The van der Waals surface area contributed by atoms with Crippen molar-refractivity contribution in [1.82, 2.24) is 14.9 Å². The van der Waals surface area contributed by atoms with E-state index in [4.69, 9.17) is 4.52 Å². The molecule has 226 valence electrons. The quantitative estimate of drug-likeness (QED) is 0.358. The number of hydrogen-bond donors (Lipinski definition) is 1. The maximum atomic E-state index is 13.8. The van der Waals surface area contributed by atoms with Crippen LogP contribution in [-0.4, -0.2) is 44.0 Å². The fourth-order valence-electron chi connectivity index (χ4n) is 6.71. The van der Waals surface area contributed by atoms with E-state index in [2.05, 4.69) is 14.9 Å². The van der Waals surface area contributed by atoms with Crippen molar-refractivity contribution < 1.29 is 35.3 Å². The first-order valence-electron chi connectivity index (χ1n) is 14.1. The van der Waals surface area contributed by atoms with Crippen LogP contribution in [0.25, 0.3) is 0 Å². The molecule has 2 bridgehead atoms. The average molecular weight is 601 g/mol. The maximum absolute atomic E-state index is 13.8. The second-order valence-electron chi connectivity index (χ2n) is 12.3. The van der Waals surface area contributed by atoms with E-state index in [1.165, 1.54) is 19.2 Å². The summed E-state index contributed by atoms with van der Waals surface area (Å²) in [6, 6.07) is 6.20. The van der Waals surface area contributed by atoms with Crippen molar-refractivity contribution in [3.05, 3.63) is 36.0 Å². The summed E-state index contributed by atoms with van der Waals surface area (Å²) in [5.74, 6) is -6.70. The molecule has 1 heterocycles. The Morgan fingerprint density at radius 2 is 1.73 bits per heavy atom. The molecule has 2 aromatic rings. The van der Waals surface area contributed by atoms with Crippen LogP contribution in [0.15, 0.2) is 33.7 Å². The molecule has 41 heavy (non-hydrogen) atoms. The number of carbonyl (C=O) groups excluding carboxylic acids is 1. The van der Waals surface area contributed by atoms with Gasteiger partial charge in [-0.2, -0.15) is 13.8 Å². The molecule has 0 radical (unpaired) electrons. The predicted octanol–water partition coefficient (Wildman–Crippen LogP) is 5.93. The van der Waals surface area contributed by atoms with E-state index in [0.717, 1.165) is 6.92 Å². The molecule has 1 aromatic carbocycles. The monoisotopic (exact) mass is 600 g/mol. The van der Waals surface area contributed by atoms with Crippen LogP contribution in [-0.2, 0) is 26.2 Å². The number of benzene rings is 1. The Kier molecular flexibility index (Phi) is 7.76. The first-order valence-corrected chi connectivity index (χ1v) is 15.6. The SMILES string of the molecule is CNS(=O)(=O)c1cccc(N(CC23CCC(c4noc(C(C)(F)F)n4)(CC2)CC3)C(=O)CC2CCC(F)(F)CC2)c1. The van der Waals surface area contributed by atoms with Crippen molar-refractivity contribution in [1.29, 1.82) is 0 Å². The summed E-state index contributed by atoms with van der Waals surface area (Å²) >= 11 is 0. The Labute approximate surface area is 237 Å². The van der Waals surface area contributed by atoms with Gasteiger partial charge in [-0.25, -0.2) is 21.9 Å². The molecule has 4 aliphatic carbocycles. The highest BCUT2D eigenvalue weighted by Gasteiger charge is 2.53. The van der Waals surface area contributed by atoms with Crippen LogP contribution in [0.2, 0.25) is 0 Å². The molecule has 4 fully saturated rings. The van der Waals surface area contributed by atoms with Crippen LogP contribution < -0.4 is 9.62 Å². The number of carbonyl (C=O) groups is 1. The number of alkyl halides is 4. The van der Waals surface area contributed by atoms with Crippen molar-refractivity contribution in [3.8, 4) is 0 Å². The number of halogens is 4. The number of sulfonamides is 1. The Balaban J connectivity index is 1.37. The van der Waals surface area contributed by atoms with E-state index in [-0.39, 0.29) is 54.2 Å². The number of nitrogens with zero attached hydrogens (tertiary/aromatic N) is 3. The summed E-state index contributed by atoms with van der Waals surface area (Å²) in [7, 11) is -2.45. The van der Waals surface area contributed by atoms with Gasteiger partial charge in [0.05, 0.1) is 4.90 Å². The summed E-state index contributed by atoms with van der Waals surface area (Å²) in [6.07, 6.45) is 4.20. The maximum Gasteiger partial charge on any atom is 0.322 e. The highest BCUT2D eigenvalue weighted by Crippen LogP contribution is 2.58. The van der Waals surface area contributed by atoms with Gasteiger partial charge in [0.2, 0.25) is 21.9 Å². The summed E-state index contributed by atoms with van der Waals surface area (Å²) in [5.41, 5.74) is -0.286. The smallest absolute Gasteiger partial charge is 0.322 e. The third-order valence-electron chi connectivity index (χ3n) is 9.48. The van der Waals surface area contributed by atoms with Gasteiger partial charge in [-0.3, -0.25) is 4.79 Å². The molecule has 0 saturated heterocycles. The molecule has 0 unspecified atom stereocenters. The van der Waals surface area contributed by atoms with Gasteiger partial charge in [-0.15, -0.1) is 0 Å². The molecule has 0 aliphatic heterocycles. The topological polar surface area (TPSA) is 105 Å². The summed E-state index contributed by atoms with van der Waals surface area (Å²) < 4.78 is 87.2. The zero-order valence-corrected chi connectivity index (χ0v) is 24.1. The highest BCUT2D eigenvalue weighted by atomic mass is 32.2. The average Bonchev–Trinajstić information content (AvgIpc) is 3.46. The molecular weight excluding hydrogens is 564 g/mol. The van der Waals surface area contributed by atoms with Crippen LogP contribution in [0.1, 0.15) is 89.3 Å². The van der Waals surface area contributed by atoms with Crippen molar-refractivity contribution in [3.63, 3.8) is 0 Å². The number of anilines is 1. The number of hydrogen-bond acceptors (Lipinski definition) is 6. The Hall–Kier alpha value is -2.54. The Bertz CT molecular complexity index is 1360. The second-order valence-corrected chi connectivity index (χ2v) is 14.2. The molecule has 0 spiro atoms. The number of amides is 1. The summed E-state index contributed by atoms with van der Waals surface area (Å²) in [6.45, 7) is 1.06. The van der Waals surface area contributed by atoms with E-state index in [1.54, 1.807) is 17.0 Å². The van der Waals surface area contributed by atoms with Crippen LogP contribution in [0.3, 0.4) is 0 Å². The van der Waals surface area contributed by atoms with Crippen molar-refractivity contribution in [2.75, 3.05) is 18.5 Å². The van der Waals surface area contributed by atoms with E-state index in [9.17, 15) is 30.8 Å². The first kappa shape index (κ1) is 29.9. The van der Waals surface area contributed by atoms with Crippen LogP contribution in [0.4, 0.5) is 23.2 Å². The van der Waals surface area contributed by atoms with Gasteiger partial charge in [-0.1, -0.05) is 11.2 Å². The minimum absolute atomic E-state index is 0.0250. The van der Waals surface area contributed by atoms with Gasteiger partial charge < -0.3 is 9.42 Å². The molecule has 1 aromatic heterocycles. The molecular formula is C28H36F4N4O4S. The molecule has 8 nitrogen and oxygen atoms in total. The highest BCUT2D eigenvalue weighted by molar-refractivity contribution is 7.89. The zero-order valence-electron chi connectivity index (χ0n) is 23.3. The summed E-state index contributed by atoms with van der Waals surface area (Å²) in [5, 5.41) is 3.90. The molecule has 4 aliphatic rings. The third-order valence-corrected chi connectivity index (χ3v) is 10.9. The number of aromatic nitrogens is 2. The first-order chi connectivity index (χ1) is 19.2. The van der Waals surface area contributed by atoms with Gasteiger partial charge in [0, 0.05) is 43.8 Å². The third kappa shape index (κ3) is 6.16. The van der Waals surface area contributed by atoms with Gasteiger partial charge in [0.25, 0.3) is 5.89 Å². The van der Waals surface area contributed by atoms with Gasteiger partial charge in [-0.05, 0) is 87.9 Å². The van der Waals surface area contributed by atoms with Gasteiger partial charge in [0.1, 0.15) is 0 Å². The lowest BCUT2D eigenvalue weighted by Gasteiger charge is -2.53. The van der Waals surface area contributed by atoms with Gasteiger partial charge in [0.15, 0.2) is 5.82 Å². The molecule has 1 N–H and O–H groups in total. The fourth-order valence-corrected chi connectivity index (χ4v) is 7.48. The van der Waals surface area contributed by atoms with Crippen molar-refractivity contribution in [2.45, 2.75) is 99.7 Å². The molecule has 4 saturated carbocycles. The summed E-state index contributed by atoms with van der Waals surface area (Å²) in [4.78, 5) is 19.5. The minimum atomic E-state index is -3.76. The van der Waals surface area contributed by atoms with Crippen molar-refractivity contribution >= 4 is 21.6 Å². The molecule has 1 amide bonds. The fraction of sp³-hybridized carbons (Fsp3) is 0.679. The van der Waals surface area contributed by atoms with E-state index < -0.39 is 33.2 Å². The van der Waals surface area contributed by atoms with Crippen LogP contribution >= 0.6 is 0 Å². The standard InChI is InChI=1S/C28H36F4N4O4S/c1-25(29,30)24-34-23(35-40-24)27-13-10-26(11-14-27,12-15-27)18-36(20-4-3-5-21(17-20)41(38,39)33-2)22(37)16-19-6-8-28(31,32)9-7-19/h3-5,17,19,33H,6-16,18H2,1-2H3. The Morgan fingerprint density at radius 3 is 2.29 bits per heavy atom. The van der Waals surface area contributed by atoms with E-state index >= 15 is 0 Å². The normalized spacial score (nSPS) is 26.7. The van der Waals surface area contributed by atoms with Crippen LogP contribution in [0, 0.1) is 11.3 Å². The number of fused-ring (bicyclic) bond motifs is 3. The molecule has 6 rings (SSSR count). The lowest BCUT2D eigenvalue weighted by molar-refractivity contribution is -0.121. The number of rotatable bonds is 9. The van der Waals surface area contributed by atoms with E-state index in [1.807, 2.05) is 0 Å². The largest absolute Gasteiger partial charge is 0.333 e. The van der Waals surface area contributed by atoms with Gasteiger partial charge >= 0.3 is 5.92 Å². The predicted molar refractivity (Wildman–Crippen MR) is 142 cm³/mol. The minimum Gasteiger partial charge on any atom is -0.333 e. The van der Waals surface area contributed by atoms with Crippen molar-refractivity contribution in [2.24, 2.45) is 11.3 Å². The zero-order chi connectivity index (χ0) is 29.7.